The van der Waals surface area contributed by atoms with Crippen molar-refractivity contribution in [2.75, 3.05) is 6.61 Å². The lowest BCUT2D eigenvalue weighted by atomic mass is 10.0. The van der Waals surface area contributed by atoms with Crippen LogP contribution in [0.15, 0.2) is 18.2 Å². The number of hydrogen-bond acceptors (Lipinski definition) is 3. The molecule has 0 radical (unpaired) electrons. The van der Waals surface area contributed by atoms with Gasteiger partial charge >= 0.3 is 0 Å². The van der Waals surface area contributed by atoms with Crippen molar-refractivity contribution in [3.05, 3.63) is 35.1 Å². The third kappa shape index (κ3) is 4.14. The minimum Gasteiger partial charge on any atom is -0.375 e. The van der Waals surface area contributed by atoms with Crippen molar-refractivity contribution in [2.45, 2.75) is 32.4 Å². The Kier molecular flexibility index (Phi) is 4.62. The van der Waals surface area contributed by atoms with Gasteiger partial charge in [-0.3, -0.25) is 0 Å². The van der Waals surface area contributed by atoms with E-state index in [1.807, 2.05) is 19.9 Å². The van der Waals surface area contributed by atoms with E-state index in [1.54, 1.807) is 0 Å². The van der Waals surface area contributed by atoms with Crippen LogP contribution in [-0.2, 0) is 11.3 Å². The van der Waals surface area contributed by atoms with Crippen molar-refractivity contribution in [3.63, 3.8) is 0 Å². The molecule has 3 nitrogen and oxygen atoms in total. The van der Waals surface area contributed by atoms with Crippen LogP contribution in [0, 0.1) is 17.1 Å². The quantitative estimate of drug-likeness (QED) is 0.853. The highest BCUT2D eigenvalue weighted by molar-refractivity contribution is 5.37. The van der Waals surface area contributed by atoms with Crippen LogP contribution in [0.1, 0.15) is 31.4 Å². The zero-order valence-electron chi connectivity index (χ0n) is 10.2. The zero-order chi connectivity index (χ0) is 12.9. The van der Waals surface area contributed by atoms with E-state index in [9.17, 15) is 4.39 Å². The lowest BCUT2D eigenvalue weighted by Gasteiger charge is -2.22. The van der Waals surface area contributed by atoms with Crippen LogP contribution >= 0.6 is 0 Å². The minimum absolute atomic E-state index is 0.202. The molecule has 0 aliphatic rings. The summed E-state index contributed by atoms with van der Waals surface area (Å²) in [6.45, 7) is 4.45. The fourth-order valence-corrected chi connectivity index (χ4v) is 1.29. The predicted molar refractivity (Wildman–Crippen MR) is 63.7 cm³/mol. The van der Waals surface area contributed by atoms with E-state index >= 15 is 0 Å². The third-order valence-corrected chi connectivity index (χ3v) is 2.68. The normalized spacial score (nSPS) is 14.1. The topological polar surface area (TPSA) is 59.0 Å². The maximum absolute atomic E-state index is 13.0. The van der Waals surface area contributed by atoms with Crippen LogP contribution in [-0.4, -0.2) is 12.1 Å². The van der Waals surface area contributed by atoms with Gasteiger partial charge in [-0.15, -0.1) is 0 Å². The van der Waals surface area contributed by atoms with Gasteiger partial charge in [0.15, 0.2) is 0 Å². The Morgan fingerprint density at radius 2 is 2.24 bits per heavy atom. The maximum atomic E-state index is 13.0. The van der Waals surface area contributed by atoms with Gasteiger partial charge in [-0.1, -0.05) is 6.92 Å². The highest BCUT2D eigenvalue weighted by Crippen LogP contribution is 2.13. The Bertz CT molecular complexity index is 424. The van der Waals surface area contributed by atoms with Crippen LogP contribution in [0.3, 0.4) is 0 Å². The van der Waals surface area contributed by atoms with Gasteiger partial charge in [0, 0.05) is 5.54 Å². The number of nitrogens with zero attached hydrogens (tertiary/aromatic N) is 1. The lowest BCUT2D eigenvalue weighted by Crippen LogP contribution is -2.40. The first-order valence-electron chi connectivity index (χ1n) is 5.53. The van der Waals surface area contributed by atoms with Crippen molar-refractivity contribution in [1.29, 1.82) is 5.26 Å². The summed E-state index contributed by atoms with van der Waals surface area (Å²) in [7, 11) is 0. The number of halogens is 1. The molecule has 1 atom stereocenters. The molecule has 0 amide bonds. The second-order valence-corrected chi connectivity index (χ2v) is 4.41. The lowest BCUT2D eigenvalue weighted by molar-refractivity contribution is 0.0775. The van der Waals surface area contributed by atoms with E-state index in [4.69, 9.17) is 15.7 Å². The van der Waals surface area contributed by atoms with Crippen molar-refractivity contribution in [2.24, 2.45) is 5.73 Å². The smallest absolute Gasteiger partial charge is 0.123 e. The molecule has 1 aromatic rings. The number of benzene rings is 1. The zero-order valence-corrected chi connectivity index (χ0v) is 10.2. The van der Waals surface area contributed by atoms with Crippen molar-refractivity contribution < 1.29 is 9.13 Å². The van der Waals surface area contributed by atoms with Crippen LogP contribution in [0.2, 0.25) is 0 Å². The Morgan fingerprint density at radius 3 is 2.82 bits per heavy atom. The molecule has 0 saturated heterocycles. The predicted octanol–water partition coefficient (Wildman–Crippen LogP) is 2.34. The first kappa shape index (κ1) is 13.6. The Balaban J connectivity index is 2.64. The van der Waals surface area contributed by atoms with Crippen molar-refractivity contribution in [1.82, 2.24) is 0 Å². The van der Waals surface area contributed by atoms with E-state index in [-0.39, 0.29) is 18.0 Å². The summed E-state index contributed by atoms with van der Waals surface area (Å²) in [4.78, 5) is 0. The van der Waals surface area contributed by atoms with E-state index in [0.717, 1.165) is 6.42 Å². The number of nitrogens with two attached hydrogens (primary N) is 1. The molecule has 1 aromatic carbocycles. The Labute approximate surface area is 101 Å². The summed E-state index contributed by atoms with van der Waals surface area (Å²) in [5, 5.41) is 8.86. The minimum atomic E-state index is -0.389. The molecule has 92 valence electrons. The first-order chi connectivity index (χ1) is 7.98. The van der Waals surface area contributed by atoms with E-state index in [1.165, 1.54) is 18.2 Å². The fraction of sp³-hybridized carbons (Fsp3) is 0.462. The molecule has 0 fully saturated rings. The van der Waals surface area contributed by atoms with Gasteiger partial charge in [-0.05, 0) is 37.1 Å². The van der Waals surface area contributed by atoms with Crippen LogP contribution in [0.4, 0.5) is 4.39 Å². The molecular formula is C13H17FN2O. The van der Waals surface area contributed by atoms with Crippen molar-refractivity contribution in [3.8, 4) is 6.07 Å². The van der Waals surface area contributed by atoms with E-state index in [2.05, 4.69) is 0 Å². The summed E-state index contributed by atoms with van der Waals surface area (Å²) < 4.78 is 18.5. The molecule has 0 heterocycles. The molecule has 0 aliphatic heterocycles. The number of hydrogen-bond donors (Lipinski definition) is 1. The highest BCUT2D eigenvalue weighted by atomic mass is 19.1. The van der Waals surface area contributed by atoms with Gasteiger partial charge in [-0.25, -0.2) is 4.39 Å². The van der Waals surface area contributed by atoms with Crippen LogP contribution in [0.5, 0.6) is 0 Å². The largest absolute Gasteiger partial charge is 0.375 e. The summed E-state index contributed by atoms with van der Waals surface area (Å²) >= 11 is 0. The molecular weight excluding hydrogens is 219 g/mol. The molecule has 1 unspecified atom stereocenters. The van der Waals surface area contributed by atoms with Gasteiger partial charge in [0.05, 0.1) is 24.8 Å². The summed E-state index contributed by atoms with van der Waals surface area (Å²) in [5.41, 5.74) is 6.51. The average molecular weight is 236 g/mol. The summed E-state index contributed by atoms with van der Waals surface area (Å²) in [6.07, 6.45) is 0.793. The molecule has 0 saturated carbocycles. The maximum Gasteiger partial charge on any atom is 0.123 e. The van der Waals surface area contributed by atoms with E-state index < -0.39 is 0 Å². The average Bonchev–Trinajstić information content (AvgIpc) is 2.29. The molecule has 1 rings (SSSR count). The number of ether oxygens (including phenoxy) is 1. The van der Waals surface area contributed by atoms with Crippen LogP contribution < -0.4 is 5.73 Å². The molecule has 0 aliphatic carbocycles. The summed E-state index contributed by atoms with van der Waals surface area (Å²) in [5.74, 6) is -0.367. The van der Waals surface area contributed by atoms with Gasteiger partial charge in [0.2, 0.25) is 0 Å². The molecule has 0 aromatic heterocycles. The van der Waals surface area contributed by atoms with E-state index in [0.29, 0.717) is 17.7 Å². The SMILES string of the molecule is CCC(C)(N)COCc1cc(F)ccc1C#N. The third-order valence-electron chi connectivity index (χ3n) is 2.68. The first-order valence-corrected chi connectivity index (χ1v) is 5.53. The van der Waals surface area contributed by atoms with Gasteiger partial charge < -0.3 is 10.5 Å². The standard InChI is InChI=1S/C13H17FN2O/c1-3-13(2,16)9-17-8-11-6-12(14)5-4-10(11)7-15/h4-6H,3,8-9,16H2,1-2H3. The second-order valence-electron chi connectivity index (χ2n) is 4.41. The Morgan fingerprint density at radius 1 is 1.53 bits per heavy atom. The fourth-order valence-electron chi connectivity index (χ4n) is 1.29. The number of rotatable bonds is 5. The number of nitriles is 1. The molecule has 0 bridgehead atoms. The monoisotopic (exact) mass is 236 g/mol. The molecule has 2 N–H and O–H groups in total. The molecule has 17 heavy (non-hydrogen) atoms. The summed E-state index contributed by atoms with van der Waals surface area (Å²) in [6, 6.07) is 6.04. The second kappa shape index (κ2) is 5.76. The Hall–Kier alpha value is -1.44. The molecule has 4 heteroatoms. The van der Waals surface area contributed by atoms with Gasteiger partial charge in [0.1, 0.15) is 5.82 Å². The van der Waals surface area contributed by atoms with Crippen LogP contribution in [0.25, 0.3) is 0 Å². The van der Waals surface area contributed by atoms with Gasteiger partial charge in [-0.2, -0.15) is 5.26 Å². The molecule has 0 spiro atoms. The van der Waals surface area contributed by atoms with Gasteiger partial charge in [0.25, 0.3) is 0 Å². The highest BCUT2D eigenvalue weighted by Gasteiger charge is 2.16. The van der Waals surface area contributed by atoms with Crippen molar-refractivity contribution >= 4 is 0 Å².